The standard InChI is InChI=1S/C28H54O/c1-4-6-7-8-9-10-11-12-13-14-15-16-17-18-19-20-24-27(3)25-21-22-26-28(29)23-5-2/h5,14-15,27-29H,2,4,6-13,16-26H2,1,3H3/b15-14+. The van der Waals surface area contributed by atoms with Crippen molar-refractivity contribution in [1.82, 2.24) is 0 Å². The predicted molar refractivity (Wildman–Crippen MR) is 133 cm³/mol. The van der Waals surface area contributed by atoms with E-state index in [1.54, 1.807) is 0 Å². The second-order valence-electron chi connectivity index (χ2n) is 9.29. The maximum atomic E-state index is 9.70. The van der Waals surface area contributed by atoms with Crippen molar-refractivity contribution in [3.05, 3.63) is 24.8 Å². The molecule has 2 unspecified atom stereocenters. The third-order valence-corrected chi connectivity index (χ3v) is 6.13. The quantitative estimate of drug-likeness (QED) is 0.132. The maximum absolute atomic E-state index is 9.70. The molecule has 0 aliphatic heterocycles. The summed E-state index contributed by atoms with van der Waals surface area (Å²) >= 11 is 0. The Labute approximate surface area is 184 Å². The predicted octanol–water partition coefficient (Wildman–Crippen LogP) is 9.55. The largest absolute Gasteiger partial charge is 0.393 e. The molecule has 1 N–H and O–H groups in total. The van der Waals surface area contributed by atoms with Gasteiger partial charge in [-0.1, -0.05) is 122 Å². The van der Waals surface area contributed by atoms with Gasteiger partial charge in [0.25, 0.3) is 0 Å². The van der Waals surface area contributed by atoms with Gasteiger partial charge in [0.15, 0.2) is 0 Å². The van der Waals surface area contributed by atoms with E-state index in [1.165, 1.54) is 109 Å². The summed E-state index contributed by atoms with van der Waals surface area (Å²) in [5.41, 5.74) is 0. The molecule has 0 fully saturated rings. The normalized spacial score (nSPS) is 13.8. The Hall–Kier alpha value is -0.560. The van der Waals surface area contributed by atoms with Gasteiger partial charge in [-0.15, -0.1) is 6.58 Å². The van der Waals surface area contributed by atoms with Gasteiger partial charge >= 0.3 is 0 Å². The topological polar surface area (TPSA) is 20.2 Å². The summed E-state index contributed by atoms with van der Waals surface area (Å²) in [5.74, 6) is 0.845. The van der Waals surface area contributed by atoms with Crippen molar-refractivity contribution in [1.29, 1.82) is 0 Å². The van der Waals surface area contributed by atoms with Crippen LogP contribution in [0.3, 0.4) is 0 Å². The molecule has 0 aromatic rings. The number of aliphatic hydroxyl groups is 1. The Morgan fingerprint density at radius 3 is 1.66 bits per heavy atom. The summed E-state index contributed by atoms with van der Waals surface area (Å²) in [4.78, 5) is 0. The first-order valence-corrected chi connectivity index (χ1v) is 13.1. The molecule has 172 valence electrons. The van der Waals surface area contributed by atoms with E-state index < -0.39 is 0 Å². The Morgan fingerprint density at radius 1 is 0.655 bits per heavy atom. The van der Waals surface area contributed by atoms with E-state index in [-0.39, 0.29) is 6.10 Å². The van der Waals surface area contributed by atoms with Crippen LogP contribution in [0.15, 0.2) is 24.8 Å². The van der Waals surface area contributed by atoms with Crippen molar-refractivity contribution in [2.45, 2.75) is 148 Å². The molecule has 0 bridgehead atoms. The van der Waals surface area contributed by atoms with Crippen LogP contribution in [0.25, 0.3) is 0 Å². The summed E-state index contributed by atoms with van der Waals surface area (Å²) < 4.78 is 0. The average molecular weight is 407 g/mol. The Morgan fingerprint density at radius 2 is 1.10 bits per heavy atom. The molecular formula is C28H54O. The molecule has 0 aliphatic carbocycles. The fourth-order valence-corrected chi connectivity index (χ4v) is 4.07. The number of rotatable bonds is 23. The summed E-state index contributed by atoms with van der Waals surface area (Å²) in [5, 5.41) is 9.70. The zero-order valence-electron chi connectivity index (χ0n) is 20.2. The van der Waals surface area contributed by atoms with Gasteiger partial charge in [-0.2, -0.15) is 0 Å². The van der Waals surface area contributed by atoms with E-state index >= 15 is 0 Å². The Bertz CT molecular complexity index is 346. The molecule has 2 atom stereocenters. The number of unbranched alkanes of at least 4 members (excludes halogenated alkanes) is 13. The summed E-state index contributed by atoms with van der Waals surface area (Å²) in [6.07, 6.45) is 32.8. The van der Waals surface area contributed by atoms with Gasteiger partial charge in [-0.05, 0) is 44.4 Å². The van der Waals surface area contributed by atoms with Crippen LogP contribution in [-0.2, 0) is 0 Å². The molecule has 0 saturated heterocycles. The third-order valence-electron chi connectivity index (χ3n) is 6.13. The third kappa shape index (κ3) is 23.6. The van der Waals surface area contributed by atoms with E-state index in [0.29, 0.717) is 0 Å². The monoisotopic (exact) mass is 406 g/mol. The van der Waals surface area contributed by atoms with E-state index in [1.807, 2.05) is 6.08 Å². The Balaban J connectivity index is 3.25. The SMILES string of the molecule is C=CCC(O)CCCCC(C)CCCCCC/C=C/CCCCCCCCCC. The second-order valence-corrected chi connectivity index (χ2v) is 9.29. The first kappa shape index (κ1) is 28.4. The number of allylic oxidation sites excluding steroid dienone is 2. The lowest BCUT2D eigenvalue weighted by molar-refractivity contribution is 0.163. The van der Waals surface area contributed by atoms with Gasteiger partial charge in [0.1, 0.15) is 0 Å². The molecule has 0 amide bonds. The van der Waals surface area contributed by atoms with Crippen molar-refractivity contribution >= 4 is 0 Å². The number of aliphatic hydroxyl groups excluding tert-OH is 1. The lowest BCUT2D eigenvalue weighted by Crippen LogP contribution is -2.04. The lowest BCUT2D eigenvalue weighted by Gasteiger charge is -2.12. The average Bonchev–Trinajstić information content (AvgIpc) is 2.71. The van der Waals surface area contributed by atoms with E-state index in [4.69, 9.17) is 0 Å². The van der Waals surface area contributed by atoms with Crippen molar-refractivity contribution in [3.63, 3.8) is 0 Å². The van der Waals surface area contributed by atoms with Crippen molar-refractivity contribution in [2.24, 2.45) is 5.92 Å². The van der Waals surface area contributed by atoms with Crippen LogP contribution in [0.1, 0.15) is 142 Å². The fraction of sp³-hybridized carbons (Fsp3) is 0.857. The van der Waals surface area contributed by atoms with Crippen LogP contribution < -0.4 is 0 Å². The molecule has 0 aromatic heterocycles. The van der Waals surface area contributed by atoms with Crippen molar-refractivity contribution in [2.75, 3.05) is 0 Å². The van der Waals surface area contributed by atoms with Gasteiger partial charge < -0.3 is 5.11 Å². The van der Waals surface area contributed by atoms with Crippen LogP contribution in [0.4, 0.5) is 0 Å². The number of hydrogen-bond acceptors (Lipinski definition) is 1. The van der Waals surface area contributed by atoms with Gasteiger partial charge in [0.05, 0.1) is 6.10 Å². The highest BCUT2D eigenvalue weighted by atomic mass is 16.3. The van der Waals surface area contributed by atoms with Crippen LogP contribution in [0.5, 0.6) is 0 Å². The summed E-state index contributed by atoms with van der Waals surface area (Å²) in [6, 6.07) is 0. The highest BCUT2D eigenvalue weighted by Crippen LogP contribution is 2.18. The fourth-order valence-electron chi connectivity index (χ4n) is 4.07. The molecular weight excluding hydrogens is 352 g/mol. The second kappa shape index (κ2) is 23.7. The van der Waals surface area contributed by atoms with E-state index in [9.17, 15) is 5.11 Å². The number of hydrogen-bond donors (Lipinski definition) is 1. The highest BCUT2D eigenvalue weighted by Gasteiger charge is 2.04. The molecule has 0 aromatic carbocycles. The molecule has 0 rings (SSSR count). The summed E-state index contributed by atoms with van der Waals surface area (Å²) in [7, 11) is 0. The van der Waals surface area contributed by atoms with Crippen LogP contribution >= 0.6 is 0 Å². The van der Waals surface area contributed by atoms with Gasteiger partial charge in [-0.3, -0.25) is 0 Å². The highest BCUT2D eigenvalue weighted by molar-refractivity contribution is 4.81. The van der Waals surface area contributed by atoms with Crippen molar-refractivity contribution < 1.29 is 5.11 Å². The van der Waals surface area contributed by atoms with Crippen LogP contribution in [-0.4, -0.2) is 11.2 Å². The molecule has 1 nitrogen and oxygen atoms in total. The maximum Gasteiger partial charge on any atom is 0.0574 e. The molecule has 1 heteroatoms. The molecule has 0 radical (unpaired) electrons. The first-order chi connectivity index (χ1) is 14.2. The minimum absolute atomic E-state index is 0.169. The zero-order chi connectivity index (χ0) is 21.4. The van der Waals surface area contributed by atoms with Gasteiger partial charge in [0.2, 0.25) is 0 Å². The molecule has 0 heterocycles. The first-order valence-electron chi connectivity index (χ1n) is 13.1. The van der Waals surface area contributed by atoms with Crippen molar-refractivity contribution in [3.8, 4) is 0 Å². The molecule has 0 aliphatic rings. The lowest BCUT2D eigenvalue weighted by atomic mass is 9.95. The molecule has 29 heavy (non-hydrogen) atoms. The van der Waals surface area contributed by atoms with Crippen LogP contribution in [0.2, 0.25) is 0 Å². The Kier molecular flexibility index (Phi) is 23.3. The zero-order valence-corrected chi connectivity index (χ0v) is 20.2. The molecule has 0 saturated carbocycles. The minimum atomic E-state index is -0.169. The minimum Gasteiger partial charge on any atom is -0.393 e. The van der Waals surface area contributed by atoms with Gasteiger partial charge in [0, 0.05) is 0 Å². The molecule has 0 spiro atoms. The smallest absolute Gasteiger partial charge is 0.0574 e. The summed E-state index contributed by atoms with van der Waals surface area (Å²) in [6.45, 7) is 8.37. The van der Waals surface area contributed by atoms with Gasteiger partial charge in [-0.25, -0.2) is 0 Å². The van der Waals surface area contributed by atoms with Crippen LogP contribution in [0, 0.1) is 5.92 Å². The van der Waals surface area contributed by atoms with E-state index in [0.717, 1.165) is 25.2 Å². The van der Waals surface area contributed by atoms with E-state index in [2.05, 4.69) is 32.6 Å².